The van der Waals surface area contributed by atoms with Gasteiger partial charge in [0.25, 0.3) is 0 Å². The molecule has 1 N–H and O–H groups in total. The van der Waals surface area contributed by atoms with E-state index in [9.17, 15) is 4.79 Å². The van der Waals surface area contributed by atoms with E-state index in [1.807, 2.05) is 20.8 Å². The summed E-state index contributed by atoms with van der Waals surface area (Å²) >= 11 is 0. The number of nitrogens with zero attached hydrogens (tertiary/aromatic N) is 1. The first-order valence-electron chi connectivity index (χ1n) is 4.67. The molecule has 0 aliphatic rings. The highest BCUT2D eigenvalue weighted by Crippen LogP contribution is 2.00. The summed E-state index contributed by atoms with van der Waals surface area (Å²) in [6, 6.07) is 3.55. The lowest BCUT2D eigenvalue weighted by Crippen LogP contribution is -2.39. The molecule has 3 nitrogen and oxygen atoms in total. The quantitative estimate of drug-likeness (QED) is 0.740. The van der Waals surface area contributed by atoms with Crippen LogP contribution in [0.2, 0.25) is 0 Å². The molecule has 0 bridgehead atoms. The van der Waals surface area contributed by atoms with Crippen LogP contribution in [0.1, 0.15) is 31.1 Å². The number of pyridine rings is 1. The van der Waals surface area contributed by atoms with E-state index in [0.29, 0.717) is 12.1 Å². The maximum atomic E-state index is 11.6. The third-order valence-electron chi connectivity index (χ3n) is 1.76. The van der Waals surface area contributed by atoms with Crippen molar-refractivity contribution in [1.82, 2.24) is 10.3 Å². The van der Waals surface area contributed by atoms with Crippen molar-refractivity contribution in [2.45, 2.75) is 26.3 Å². The molecule has 0 aliphatic carbocycles. The Balaban J connectivity index is 2.52. The van der Waals surface area contributed by atoms with E-state index in [4.69, 9.17) is 0 Å². The standard InChI is InChI=1S/C11H16N2O/c1-11(2,3)13-8-10(14)9-5-4-6-12-7-9/h4-7,13H,8H2,1-3H3. The second kappa shape index (κ2) is 4.33. The Morgan fingerprint density at radius 2 is 2.21 bits per heavy atom. The third kappa shape index (κ3) is 3.66. The van der Waals surface area contributed by atoms with Gasteiger partial charge in [0.15, 0.2) is 5.78 Å². The molecule has 0 atom stereocenters. The van der Waals surface area contributed by atoms with Gasteiger partial charge in [-0.3, -0.25) is 9.78 Å². The van der Waals surface area contributed by atoms with Crippen molar-refractivity contribution < 1.29 is 4.79 Å². The van der Waals surface area contributed by atoms with Gasteiger partial charge in [0.1, 0.15) is 0 Å². The van der Waals surface area contributed by atoms with E-state index < -0.39 is 0 Å². The number of hydrogen-bond acceptors (Lipinski definition) is 3. The number of ketones is 1. The Kier molecular flexibility index (Phi) is 3.36. The van der Waals surface area contributed by atoms with Crippen molar-refractivity contribution in [3.8, 4) is 0 Å². The second-order valence-corrected chi connectivity index (χ2v) is 4.27. The van der Waals surface area contributed by atoms with E-state index in [0.717, 1.165) is 0 Å². The molecule has 0 aliphatic heterocycles. The fraction of sp³-hybridized carbons (Fsp3) is 0.455. The van der Waals surface area contributed by atoms with Crippen LogP contribution in [0.25, 0.3) is 0 Å². The van der Waals surface area contributed by atoms with Gasteiger partial charge < -0.3 is 5.32 Å². The minimum absolute atomic E-state index is 0.0299. The van der Waals surface area contributed by atoms with Gasteiger partial charge in [-0.2, -0.15) is 0 Å². The smallest absolute Gasteiger partial charge is 0.178 e. The number of carbonyl (C=O) groups excluding carboxylic acids is 1. The van der Waals surface area contributed by atoms with Gasteiger partial charge in [-0.25, -0.2) is 0 Å². The van der Waals surface area contributed by atoms with Crippen LogP contribution in [0.5, 0.6) is 0 Å². The molecule has 1 rings (SSSR count). The molecular weight excluding hydrogens is 176 g/mol. The predicted molar refractivity (Wildman–Crippen MR) is 56.3 cm³/mol. The average molecular weight is 192 g/mol. The third-order valence-corrected chi connectivity index (χ3v) is 1.76. The molecule has 0 saturated heterocycles. The van der Waals surface area contributed by atoms with Crippen LogP contribution < -0.4 is 5.32 Å². The summed E-state index contributed by atoms with van der Waals surface area (Å²) in [4.78, 5) is 15.5. The van der Waals surface area contributed by atoms with Crippen LogP contribution in [0, 0.1) is 0 Å². The van der Waals surface area contributed by atoms with Gasteiger partial charge in [0, 0.05) is 23.5 Å². The van der Waals surface area contributed by atoms with E-state index in [1.165, 1.54) is 0 Å². The predicted octanol–water partition coefficient (Wildman–Crippen LogP) is 1.65. The number of hydrogen-bond donors (Lipinski definition) is 1. The summed E-state index contributed by atoms with van der Waals surface area (Å²) in [5, 5.41) is 3.14. The monoisotopic (exact) mass is 192 g/mol. The topological polar surface area (TPSA) is 42.0 Å². The van der Waals surface area contributed by atoms with Crippen LogP contribution in [0.3, 0.4) is 0 Å². The molecule has 76 valence electrons. The average Bonchev–Trinajstić information content (AvgIpc) is 2.14. The van der Waals surface area contributed by atoms with Crippen molar-refractivity contribution in [2.75, 3.05) is 6.54 Å². The Labute approximate surface area is 84.6 Å². The lowest BCUT2D eigenvalue weighted by atomic mass is 10.1. The zero-order valence-electron chi connectivity index (χ0n) is 8.87. The highest BCUT2D eigenvalue weighted by molar-refractivity contribution is 5.97. The lowest BCUT2D eigenvalue weighted by molar-refractivity contribution is 0.0981. The van der Waals surface area contributed by atoms with Crippen LogP contribution in [0.15, 0.2) is 24.5 Å². The Bertz CT molecular complexity index is 301. The Morgan fingerprint density at radius 3 is 2.71 bits per heavy atom. The lowest BCUT2D eigenvalue weighted by Gasteiger charge is -2.19. The molecule has 14 heavy (non-hydrogen) atoms. The Morgan fingerprint density at radius 1 is 1.50 bits per heavy atom. The van der Waals surface area contributed by atoms with Crippen LogP contribution >= 0.6 is 0 Å². The summed E-state index contributed by atoms with van der Waals surface area (Å²) in [6.45, 7) is 6.45. The summed E-state index contributed by atoms with van der Waals surface area (Å²) in [6.07, 6.45) is 3.25. The fourth-order valence-corrected chi connectivity index (χ4v) is 0.975. The van der Waals surface area contributed by atoms with Gasteiger partial charge in [0.2, 0.25) is 0 Å². The number of rotatable bonds is 3. The van der Waals surface area contributed by atoms with Crippen molar-refractivity contribution in [3.63, 3.8) is 0 Å². The van der Waals surface area contributed by atoms with Crippen LogP contribution in [-0.4, -0.2) is 22.9 Å². The molecule has 0 amide bonds. The molecule has 1 heterocycles. The molecule has 0 spiro atoms. The van der Waals surface area contributed by atoms with Crippen LogP contribution in [0.4, 0.5) is 0 Å². The molecule has 0 saturated carbocycles. The minimum Gasteiger partial charge on any atom is -0.305 e. The van der Waals surface area contributed by atoms with Crippen molar-refractivity contribution in [1.29, 1.82) is 0 Å². The first kappa shape index (κ1) is 10.9. The summed E-state index contributed by atoms with van der Waals surface area (Å²) in [7, 11) is 0. The zero-order chi connectivity index (χ0) is 10.6. The summed E-state index contributed by atoms with van der Waals surface area (Å²) < 4.78 is 0. The van der Waals surface area contributed by atoms with Crippen LogP contribution in [-0.2, 0) is 0 Å². The van der Waals surface area contributed by atoms with E-state index in [-0.39, 0.29) is 11.3 Å². The first-order valence-corrected chi connectivity index (χ1v) is 4.67. The number of Topliss-reactive ketones (excluding diaryl/α,β-unsaturated/α-hetero) is 1. The van der Waals surface area contributed by atoms with E-state index in [2.05, 4.69) is 10.3 Å². The number of aromatic nitrogens is 1. The molecule has 0 unspecified atom stereocenters. The van der Waals surface area contributed by atoms with Crippen molar-refractivity contribution in [2.24, 2.45) is 0 Å². The normalized spacial score (nSPS) is 11.4. The maximum Gasteiger partial charge on any atom is 0.178 e. The van der Waals surface area contributed by atoms with Gasteiger partial charge >= 0.3 is 0 Å². The van der Waals surface area contributed by atoms with Gasteiger partial charge in [-0.15, -0.1) is 0 Å². The number of nitrogens with one attached hydrogen (secondary N) is 1. The van der Waals surface area contributed by atoms with E-state index >= 15 is 0 Å². The largest absolute Gasteiger partial charge is 0.305 e. The molecule has 0 fully saturated rings. The summed E-state index contributed by atoms with van der Waals surface area (Å²) in [5.74, 6) is 0.0769. The van der Waals surface area contributed by atoms with Crippen molar-refractivity contribution >= 4 is 5.78 Å². The SMILES string of the molecule is CC(C)(C)NCC(=O)c1cccnc1. The first-order chi connectivity index (χ1) is 6.49. The highest BCUT2D eigenvalue weighted by atomic mass is 16.1. The van der Waals surface area contributed by atoms with E-state index in [1.54, 1.807) is 24.5 Å². The van der Waals surface area contributed by atoms with Gasteiger partial charge in [-0.05, 0) is 32.9 Å². The van der Waals surface area contributed by atoms with Gasteiger partial charge in [-0.1, -0.05) is 0 Å². The van der Waals surface area contributed by atoms with Crippen molar-refractivity contribution in [3.05, 3.63) is 30.1 Å². The minimum atomic E-state index is -0.0299. The Hall–Kier alpha value is -1.22. The molecule has 1 aromatic rings. The van der Waals surface area contributed by atoms with Gasteiger partial charge in [0.05, 0.1) is 6.54 Å². The maximum absolute atomic E-state index is 11.6. The summed E-state index contributed by atoms with van der Waals surface area (Å²) in [5.41, 5.74) is 0.627. The molecule has 0 radical (unpaired) electrons. The molecule has 0 aromatic carbocycles. The second-order valence-electron chi connectivity index (χ2n) is 4.27. The molecular formula is C11H16N2O. The highest BCUT2D eigenvalue weighted by Gasteiger charge is 2.12. The molecule has 1 aromatic heterocycles. The fourth-order valence-electron chi connectivity index (χ4n) is 0.975. The molecule has 3 heteroatoms. The number of carbonyl (C=O) groups is 1. The zero-order valence-corrected chi connectivity index (χ0v) is 8.87.